The minimum Gasteiger partial charge on any atom is -0.493 e. The fourth-order valence-corrected chi connectivity index (χ4v) is 3.63. The number of methoxy groups -OCH3 is 2. The van der Waals surface area contributed by atoms with Crippen molar-refractivity contribution >= 4 is 23.2 Å². The highest BCUT2D eigenvalue weighted by atomic mass is 35.5. The average molecular weight is 493 g/mol. The van der Waals surface area contributed by atoms with Crippen molar-refractivity contribution in [1.82, 2.24) is 14.3 Å². The molecule has 1 amide bonds. The summed E-state index contributed by atoms with van der Waals surface area (Å²) in [6, 6.07) is 20.1. The number of nitrogens with zero attached hydrogens (tertiary/aromatic N) is 3. The molecule has 9 nitrogen and oxygen atoms in total. The third kappa shape index (κ3) is 4.95. The molecule has 0 aliphatic carbocycles. The summed E-state index contributed by atoms with van der Waals surface area (Å²) in [7, 11) is 2.94. The van der Waals surface area contributed by atoms with Crippen molar-refractivity contribution in [3.05, 3.63) is 110 Å². The van der Waals surface area contributed by atoms with Crippen molar-refractivity contribution in [3.63, 3.8) is 0 Å². The molecule has 0 atom stereocenters. The first-order chi connectivity index (χ1) is 16.9. The molecular formula is C25H21ClN4O5. The molecule has 35 heavy (non-hydrogen) atoms. The summed E-state index contributed by atoms with van der Waals surface area (Å²) in [6.45, 7) is -0.154. The standard InChI is InChI=1S/C25H21ClN4O5/c1-34-20-13-12-18(14-21(20)35-2)30-25(33)29(15-16-8-6-7-11-19(16)26)24(32)22(28-30)23(31)27-17-9-4-3-5-10-17/h3-14H,15H2,1-2H3,(H,27,31). The second-order valence-corrected chi connectivity index (χ2v) is 7.79. The number of benzene rings is 3. The van der Waals surface area contributed by atoms with Gasteiger partial charge in [0.2, 0.25) is 5.69 Å². The van der Waals surface area contributed by atoms with Crippen molar-refractivity contribution < 1.29 is 14.3 Å². The van der Waals surface area contributed by atoms with Crippen molar-refractivity contribution in [1.29, 1.82) is 0 Å². The molecule has 0 unspecified atom stereocenters. The van der Waals surface area contributed by atoms with Crippen molar-refractivity contribution in [3.8, 4) is 17.2 Å². The number of carbonyl (C=O) groups is 1. The monoisotopic (exact) mass is 492 g/mol. The molecule has 1 heterocycles. The number of halogens is 1. The van der Waals surface area contributed by atoms with E-state index in [4.69, 9.17) is 21.1 Å². The molecular weight excluding hydrogens is 472 g/mol. The van der Waals surface area contributed by atoms with Gasteiger partial charge in [0.25, 0.3) is 11.5 Å². The summed E-state index contributed by atoms with van der Waals surface area (Å²) in [4.78, 5) is 39.7. The lowest BCUT2D eigenvalue weighted by atomic mass is 10.2. The SMILES string of the molecule is COc1ccc(-n2nc(C(=O)Nc3ccccc3)c(=O)n(Cc3ccccc3Cl)c2=O)cc1OC. The van der Waals surface area contributed by atoms with E-state index in [9.17, 15) is 14.4 Å². The van der Waals surface area contributed by atoms with Crippen LogP contribution in [0.4, 0.5) is 5.69 Å². The number of carbonyl (C=O) groups excluding carboxylic acids is 1. The van der Waals surface area contributed by atoms with Gasteiger partial charge in [-0.15, -0.1) is 0 Å². The summed E-state index contributed by atoms with van der Waals surface area (Å²) in [5, 5.41) is 7.14. The van der Waals surface area contributed by atoms with Gasteiger partial charge in [-0.05, 0) is 35.9 Å². The number of hydrogen-bond donors (Lipinski definition) is 1. The molecule has 178 valence electrons. The van der Waals surface area contributed by atoms with E-state index in [0.29, 0.717) is 27.8 Å². The number of amides is 1. The van der Waals surface area contributed by atoms with Crippen LogP contribution in [0, 0.1) is 0 Å². The Balaban J connectivity index is 1.90. The van der Waals surface area contributed by atoms with Crippen LogP contribution in [0.25, 0.3) is 5.69 Å². The topological polar surface area (TPSA) is 104 Å². The lowest BCUT2D eigenvalue weighted by Gasteiger charge is -2.14. The van der Waals surface area contributed by atoms with E-state index in [2.05, 4.69) is 10.4 Å². The van der Waals surface area contributed by atoms with Gasteiger partial charge < -0.3 is 14.8 Å². The highest BCUT2D eigenvalue weighted by Crippen LogP contribution is 2.28. The lowest BCUT2D eigenvalue weighted by molar-refractivity contribution is 0.101. The van der Waals surface area contributed by atoms with E-state index in [0.717, 1.165) is 9.25 Å². The molecule has 0 saturated heterocycles. The van der Waals surface area contributed by atoms with Crippen LogP contribution in [0.5, 0.6) is 11.5 Å². The minimum absolute atomic E-state index is 0.154. The number of nitrogens with one attached hydrogen (secondary N) is 1. The van der Waals surface area contributed by atoms with Gasteiger partial charge in [-0.25, -0.2) is 4.79 Å². The van der Waals surface area contributed by atoms with Crippen LogP contribution in [0.3, 0.4) is 0 Å². The Hall–Kier alpha value is -4.37. The molecule has 1 aromatic heterocycles. The van der Waals surface area contributed by atoms with Gasteiger partial charge in [-0.3, -0.25) is 14.2 Å². The minimum atomic E-state index is -0.847. The van der Waals surface area contributed by atoms with E-state index in [1.165, 1.54) is 20.3 Å². The van der Waals surface area contributed by atoms with Gasteiger partial charge in [0.1, 0.15) is 0 Å². The van der Waals surface area contributed by atoms with Crippen LogP contribution >= 0.6 is 11.6 Å². The molecule has 3 aromatic carbocycles. The predicted molar refractivity (Wildman–Crippen MR) is 132 cm³/mol. The maximum atomic E-state index is 13.4. The van der Waals surface area contributed by atoms with Crippen molar-refractivity contribution in [2.45, 2.75) is 6.54 Å². The van der Waals surface area contributed by atoms with Crippen molar-refractivity contribution in [2.24, 2.45) is 0 Å². The smallest absolute Gasteiger partial charge is 0.352 e. The Morgan fingerprint density at radius 3 is 2.31 bits per heavy atom. The second kappa shape index (κ2) is 10.3. The first-order valence-corrected chi connectivity index (χ1v) is 10.9. The molecule has 0 saturated carbocycles. The second-order valence-electron chi connectivity index (χ2n) is 7.39. The predicted octanol–water partition coefficient (Wildman–Crippen LogP) is 3.37. The summed E-state index contributed by atoms with van der Waals surface area (Å²) in [6.07, 6.45) is 0. The normalized spacial score (nSPS) is 10.6. The Morgan fingerprint density at radius 1 is 0.943 bits per heavy atom. The molecule has 0 radical (unpaired) electrons. The average Bonchev–Trinajstić information content (AvgIpc) is 2.87. The van der Waals surface area contributed by atoms with Crippen LogP contribution in [-0.4, -0.2) is 34.5 Å². The zero-order chi connectivity index (χ0) is 24.9. The van der Waals surface area contributed by atoms with Gasteiger partial charge in [0, 0.05) is 16.8 Å². The molecule has 0 spiro atoms. The van der Waals surface area contributed by atoms with Gasteiger partial charge in [0.15, 0.2) is 11.5 Å². The summed E-state index contributed by atoms with van der Waals surface area (Å²) in [5.41, 5.74) is -0.781. The summed E-state index contributed by atoms with van der Waals surface area (Å²) < 4.78 is 12.5. The summed E-state index contributed by atoms with van der Waals surface area (Å²) in [5.74, 6) is 0.0249. The molecule has 0 aliphatic rings. The van der Waals surface area contributed by atoms with Crippen LogP contribution in [-0.2, 0) is 6.54 Å². The van der Waals surface area contributed by atoms with Gasteiger partial charge >= 0.3 is 5.69 Å². The van der Waals surface area contributed by atoms with Crippen LogP contribution in [0.15, 0.2) is 82.4 Å². The number of aromatic nitrogens is 3. The largest absolute Gasteiger partial charge is 0.493 e. The van der Waals surface area contributed by atoms with E-state index in [1.807, 2.05) is 0 Å². The molecule has 4 aromatic rings. The Bertz CT molecular complexity index is 1500. The summed E-state index contributed by atoms with van der Waals surface area (Å²) >= 11 is 6.27. The third-order valence-corrected chi connectivity index (χ3v) is 5.57. The zero-order valence-corrected chi connectivity index (χ0v) is 19.7. The molecule has 1 N–H and O–H groups in total. The molecule has 0 bridgehead atoms. The van der Waals surface area contributed by atoms with Crippen molar-refractivity contribution in [2.75, 3.05) is 19.5 Å². The molecule has 0 fully saturated rings. The highest BCUT2D eigenvalue weighted by Gasteiger charge is 2.22. The number of hydrogen-bond acceptors (Lipinski definition) is 6. The lowest BCUT2D eigenvalue weighted by Crippen LogP contribution is -2.45. The fourth-order valence-electron chi connectivity index (χ4n) is 3.43. The van der Waals surface area contributed by atoms with Gasteiger partial charge in [0.05, 0.1) is 26.5 Å². The van der Waals surface area contributed by atoms with E-state index >= 15 is 0 Å². The Kier molecular flexibility index (Phi) is 6.98. The van der Waals surface area contributed by atoms with Crippen LogP contribution in [0.2, 0.25) is 5.02 Å². The maximum Gasteiger partial charge on any atom is 0.352 e. The number of ether oxygens (including phenoxy) is 2. The molecule has 10 heteroatoms. The maximum absolute atomic E-state index is 13.4. The molecule has 0 aliphatic heterocycles. The van der Waals surface area contributed by atoms with E-state index < -0.39 is 22.9 Å². The third-order valence-electron chi connectivity index (χ3n) is 5.20. The quantitative estimate of drug-likeness (QED) is 0.424. The number of rotatable bonds is 7. The van der Waals surface area contributed by atoms with E-state index in [-0.39, 0.29) is 12.2 Å². The molecule has 4 rings (SSSR count). The van der Waals surface area contributed by atoms with Gasteiger partial charge in [-0.2, -0.15) is 9.78 Å². The zero-order valence-electron chi connectivity index (χ0n) is 18.9. The van der Waals surface area contributed by atoms with E-state index in [1.54, 1.807) is 66.7 Å². The number of para-hydroxylation sites is 1. The Morgan fingerprint density at radius 2 is 1.63 bits per heavy atom. The first kappa shape index (κ1) is 23.8. The fraction of sp³-hybridized carbons (Fsp3) is 0.120. The van der Waals surface area contributed by atoms with Crippen LogP contribution in [0.1, 0.15) is 16.1 Å². The number of anilines is 1. The Labute approximate surface area is 205 Å². The highest BCUT2D eigenvalue weighted by molar-refractivity contribution is 6.31. The first-order valence-electron chi connectivity index (χ1n) is 10.5. The van der Waals surface area contributed by atoms with Gasteiger partial charge in [-0.1, -0.05) is 48.0 Å². The van der Waals surface area contributed by atoms with Crippen LogP contribution < -0.4 is 26.0 Å².